The maximum atomic E-state index is 12.6. The Labute approximate surface area is 128 Å². The van der Waals surface area contributed by atoms with Crippen molar-refractivity contribution in [2.45, 2.75) is 44.3 Å². The third-order valence-corrected chi connectivity index (χ3v) is 4.74. The predicted molar refractivity (Wildman–Crippen MR) is 77.3 cm³/mol. The molecule has 0 unspecified atom stereocenters. The third kappa shape index (κ3) is 3.29. The van der Waals surface area contributed by atoms with Crippen LogP contribution in [0, 0.1) is 0 Å². The van der Waals surface area contributed by atoms with E-state index in [0.29, 0.717) is 18.6 Å². The number of benzene rings is 1. The first kappa shape index (κ1) is 15.8. The summed E-state index contributed by atoms with van der Waals surface area (Å²) in [5, 5.41) is 9.76. The second-order valence-corrected chi connectivity index (χ2v) is 6.47. The Kier molecular flexibility index (Phi) is 4.18. The first-order valence-electron chi connectivity index (χ1n) is 7.65. The van der Waals surface area contributed by atoms with Crippen LogP contribution in [0.2, 0.25) is 0 Å². The van der Waals surface area contributed by atoms with Gasteiger partial charge in [0.2, 0.25) is 0 Å². The van der Waals surface area contributed by atoms with Gasteiger partial charge in [0.15, 0.2) is 0 Å². The Morgan fingerprint density at radius 3 is 2.45 bits per heavy atom. The second-order valence-electron chi connectivity index (χ2n) is 6.47. The van der Waals surface area contributed by atoms with Crippen molar-refractivity contribution in [3.8, 4) is 0 Å². The van der Waals surface area contributed by atoms with E-state index in [1.807, 2.05) is 0 Å². The molecule has 3 rings (SSSR count). The number of aliphatic hydroxyl groups excluding tert-OH is 1. The Balaban J connectivity index is 1.65. The van der Waals surface area contributed by atoms with Crippen molar-refractivity contribution in [2.24, 2.45) is 0 Å². The molecule has 2 saturated heterocycles. The van der Waals surface area contributed by atoms with Gasteiger partial charge < -0.3 is 5.11 Å². The minimum absolute atomic E-state index is 0.247. The first-order chi connectivity index (χ1) is 10.3. The highest BCUT2D eigenvalue weighted by Gasteiger charge is 2.38. The van der Waals surface area contributed by atoms with Crippen LogP contribution in [0.15, 0.2) is 24.3 Å². The molecule has 1 aromatic carbocycles. The van der Waals surface area contributed by atoms with Gasteiger partial charge in [-0.1, -0.05) is 12.1 Å². The highest BCUT2D eigenvalue weighted by molar-refractivity contribution is 5.24. The zero-order valence-electron chi connectivity index (χ0n) is 12.6. The van der Waals surface area contributed by atoms with Crippen molar-refractivity contribution in [3.05, 3.63) is 35.4 Å². The zero-order valence-corrected chi connectivity index (χ0v) is 12.6. The molecule has 1 aromatic rings. The molecule has 0 bridgehead atoms. The lowest BCUT2D eigenvalue weighted by molar-refractivity contribution is -0.137. The molecule has 1 N–H and O–H groups in total. The van der Waals surface area contributed by atoms with Gasteiger partial charge in [0.1, 0.15) is 0 Å². The Morgan fingerprint density at radius 1 is 1.14 bits per heavy atom. The molecule has 3 nitrogen and oxygen atoms in total. The molecule has 2 aliphatic rings. The van der Waals surface area contributed by atoms with E-state index in [1.165, 1.54) is 0 Å². The average molecular weight is 314 g/mol. The summed E-state index contributed by atoms with van der Waals surface area (Å²) in [6.45, 7) is 5.29. The molecule has 122 valence electrons. The largest absolute Gasteiger partial charge is 0.416 e. The number of alkyl halides is 3. The van der Waals surface area contributed by atoms with Crippen LogP contribution in [0.25, 0.3) is 0 Å². The highest BCUT2D eigenvalue weighted by Crippen LogP contribution is 2.30. The van der Waals surface area contributed by atoms with E-state index in [9.17, 15) is 18.3 Å². The molecule has 0 aliphatic carbocycles. The Morgan fingerprint density at radius 2 is 1.82 bits per heavy atom. The van der Waals surface area contributed by atoms with Gasteiger partial charge >= 0.3 is 6.18 Å². The van der Waals surface area contributed by atoms with Gasteiger partial charge in [-0.3, -0.25) is 9.80 Å². The fourth-order valence-corrected chi connectivity index (χ4v) is 3.53. The molecular formula is C16H21F3N2O. The van der Waals surface area contributed by atoms with Crippen molar-refractivity contribution < 1.29 is 18.3 Å². The van der Waals surface area contributed by atoms with Gasteiger partial charge in [-0.25, -0.2) is 0 Å². The van der Waals surface area contributed by atoms with E-state index in [4.69, 9.17) is 0 Å². The van der Waals surface area contributed by atoms with E-state index in [2.05, 4.69) is 16.7 Å². The molecule has 0 spiro atoms. The van der Waals surface area contributed by atoms with Gasteiger partial charge in [0.25, 0.3) is 0 Å². The SMILES string of the molecule is C[C@@H]1CN2C[C@H](O)C[C@@H]2CN1Cc1ccc(C(F)(F)F)cc1. The van der Waals surface area contributed by atoms with Crippen LogP contribution >= 0.6 is 0 Å². The van der Waals surface area contributed by atoms with Crippen LogP contribution in [0.3, 0.4) is 0 Å². The Bertz CT molecular complexity index is 517. The van der Waals surface area contributed by atoms with Crippen LogP contribution in [0.5, 0.6) is 0 Å². The van der Waals surface area contributed by atoms with Crippen molar-refractivity contribution in [3.63, 3.8) is 0 Å². The summed E-state index contributed by atoms with van der Waals surface area (Å²) in [7, 11) is 0. The van der Waals surface area contributed by atoms with Gasteiger partial charge in [0.05, 0.1) is 11.7 Å². The van der Waals surface area contributed by atoms with Gasteiger partial charge in [-0.05, 0) is 31.0 Å². The van der Waals surface area contributed by atoms with Crippen LogP contribution < -0.4 is 0 Å². The molecule has 0 amide bonds. The van der Waals surface area contributed by atoms with E-state index in [0.717, 1.165) is 43.8 Å². The minimum Gasteiger partial charge on any atom is -0.392 e. The summed E-state index contributed by atoms with van der Waals surface area (Å²) in [5.74, 6) is 0. The molecule has 2 aliphatic heterocycles. The molecule has 3 atom stereocenters. The molecule has 22 heavy (non-hydrogen) atoms. The van der Waals surface area contributed by atoms with Crippen molar-refractivity contribution in [1.29, 1.82) is 0 Å². The maximum absolute atomic E-state index is 12.6. The second kappa shape index (κ2) is 5.83. The summed E-state index contributed by atoms with van der Waals surface area (Å²) in [5.41, 5.74) is 0.292. The minimum atomic E-state index is -4.28. The maximum Gasteiger partial charge on any atom is 0.416 e. The van der Waals surface area contributed by atoms with Crippen LogP contribution in [-0.2, 0) is 12.7 Å². The van der Waals surface area contributed by atoms with E-state index >= 15 is 0 Å². The summed E-state index contributed by atoms with van der Waals surface area (Å²) in [4.78, 5) is 4.61. The molecule has 2 fully saturated rings. The lowest BCUT2D eigenvalue weighted by Crippen LogP contribution is -2.54. The fraction of sp³-hybridized carbons (Fsp3) is 0.625. The monoisotopic (exact) mass is 314 g/mol. The normalized spacial score (nSPS) is 30.5. The standard InChI is InChI=1S/C16H21F3N2O/c1-11-7-21-10-15(22)6-14(21)9-20(11)8-12-2-4-13(5-3-12)16(17,18)19/h2-5,11,14-15,22H,6-10H2,1H3/t11-,14-,15-/m1/s1. The highest BCUT2D eigenvalue weighted by atomic mass is 19.4. The molecule has 6 heteroatoms. The predicted octanol–water partition coefficient (Wildman–Crippen LogP) is 2.34. The van der Waals surface area contributed by atoms with Crippen LogP contribution in [0.4, 0.5) is 13.2 Å². The van der Waals surface area contributed by atoms with Crippen molar-refractivity contribution in [1.82, 2.24) is 9.80 Å². The summed E-state index contributed by atoms with van der Waals surface area (Å²) < 4.78 is 37.8. The quantitative estimate of drug-likeness (QED) is 0.908. The number of piperazine rings is 1. The number of rotatable bonds is 2. The fourth-order valence-electron chi connectivity index (χ4n) is 3.53. The number of fused-ring (bicyclic) bond motifs is 1. The molecular weight excluding hydrogens is 293 g/mol. The smallest absolute Gasteiger partial charge is 0.392 e. The summed E-state index contributed by atoms with van der Waals surface area (Å²) >= 11 is 0. The van der Waals surface area contributed by atoms with Gasteiger partial charge in [0, 0.05) is 38.3 Å². The van der Waals surface area contributed by atoms with Crippen molar-refractivity contribution in [2.75, 3.05) is 19.6 Å². The average Bonchev–Trinajstić information content (AvgIpc) is 2.78. The van der Waals surface area contributed by atoms with Gasteiger partial charge in [-0.2, -0.15) is 13.2 Å². The summed E-state index contributed by atoms with van der Waals surface area (Å²) in [6.07, 6.45) is -3.74. The number of halogens is 3. The van der Waals surface area contributed by atoms with Crippen LogP contribution in [0.1, 0.15) is 24.5 Å². The van der Waals surface area contributed by atoms with E-state index in [1.54, 1.807) is 12.1 Å². The number of aliphatic hydroxyl groups is 1. The lowest BCUT2D eigenvalue weighted by Gasteiger charge is -2.42. The number of nitrogens with zero attached hydrogens (tertiary/aromatic N) is 2. The number of hydrogen-bond acceptors (Lipinski definition) is 3. The Hall–Kier alpha value is -1.11. The number of hydrogen-bond donors (Lipinski definition) is 1. The van der Waals surface area contributed by atoms with E-state index < -0.39 is 11.7 Å². The lowest BCUT2D eigenvalue weighted by atomic mass is 10.1. The third-order valence-electron chi connectivity index (χ3n) is 4.74. The van der Waals surface area contributed by atoms with Crippen molar-refractivity contribution >= 4 is 0 Å². The van der Waals surface area contributed by atoms with E-state index in [-0.39, 0.29) is 6.10 Å². The molecule has 0 aromatic heterocycles. The zero-order chi connectivity index (χ0) is 15.9. The topological polar surface area (TPSA) is 26.7 Å². The molecule has 2 heterocycles. The first-order valence-corrected chi connectivity index (χ1v) is 7.65. The summed E-state index contributed by atoms with van der Waals surface area (Å²) in [6, 6.07) is 6.12. The molecule has 0 radical (unpaired) electrons. The van der Waals surface area contributed by atoms with Gasteiger partial charge in [-0.15, -0.1) is 0 Å². The molecule has 0 saturated carbocycles. The van der Waals surface area contributed by atoms with Crippen LogP contribution in [-0.4, -0.2) is 52.7 Å².